The maximum absolute atomic E-state index is 8.76. The van der Waals surface area contributed by atoms with E-state index in [9.17, 15) is 0 Å². The van der Waals surface area contributed by atoms with Crippen LogP contribution in [0.5, 0.6) is 0 Å². The molecule has 0 spiro atoms. The second-order valence-corrected chi connectivity index (χ2v) is 4.48. The highest BCUT2D eigenvalue weighted by atomic mass is 16.5. The lowest BCUT2D eigenvalue weighted by Crippen LogP contribution is -2.56. The topological polar surface area (TPSA) is 36.3 Å². The zero-order chi connectivity index (χ0) is 10.6. The van der Waals surface area contributed by atoms with Gasteiger partial charge in [0.1, 0.15) is 0 Å². The molecule has 0 saturated carbocycles. The Morgan fingerprint density at radius 1 is 1.57 bits per heavy atom. The monoisotopic (exact) mass is 196 g/mol. The number of rotatable bonds is 3. The molecule has 3 nitrogen and oxygen atoms in total. The van der Waals surface area contributed by atoms with Crippen LogP contribution in [0.2, 0.25) is 0 Å². The van der Waals surface area contributed by atoms with Crippen molar-refractivity contribution in [2.45, 2.75) is 45.2 Å². The molecule has 14 heavy (non-hydrogen) atoms. The summed E-state index contributed by atoms with van der Waals surface area (Å²) in [7, 11) is 0. The fourth-order valence-electron chi connectivity index (χ4n) is 2.13. The normalized spacial score (nSPS) is 24.1. The average Bonchev–Trinajstić information content (AvgIpc) is 2.14. The summed E-state index contributed by atoms with van der Waals surface area (Å²) in [5.41, 5.74) is 0.0791. The average molecular weight is 196 g/mol. The van der Waals surface area contributed by atoms with Gasteiger partial charge in [0, 0.05) is 18.1 Å². The van der Waals surface area contributed by atoms with Gasteiger partial charge < -0.3 is 4.74 Å². The van der Waals surface area contributed by atoms with Gasteiger partial charge >= 0.3 is 0 Å². The lowest BCUT2D eigenvalue weighted by molar-refractivity contribution is -0.0717. The molecule has 0 aromatic heterocycles. The summed E-state index contributed by atoms with van der Waals surface area (Å²) in [6.45, 7) is 9.04. The standard InChI is InChI=1S/C11H20N2O/c1-4-10(5-6-12)13-7-8-14-9-11(13,2)3/h10H,4-5,7-9H2,1-3H3. The largest absolute Gasteiger partial charge is 0.378 e. The van der Waals surface area contributed by atoms with Gasteiger partial charge in [0.25, 0.3) is 0 Å². The van der Waals surface area contributed by atoms with Crippen LogP contribution >= 0.6 is 0 Å². The molecule has 1 rings (SSSR count). The van der Waals surface area contributed by atoms with Crippen molar-refractivity contribution in [3.63, 3.8) is 0 Å². The SMILES string of the molecule is CCC(CC#N)N1CCOCC1(C)C. The smallest absolute Gasteiger partial charge is 0.0645 e. The Balaban J connectivity index is 2.67. The summed E-state index contributed by atoms with van der Waals surface area (Å²) in [5.74, 6) is 0. The van der Waals surface area contributed by atoms with Gasteiger partial charge in [-0.2, -0.15) is 5.26 Å². The van der Waals surface area contributed by atoms with E-state index in [-0.39, 0.29) is 5.54 Å². The Morgan fingerprint density at radius 3 is 2.79 bits per heavy atom. The summed E-state index contributed by atoms with van der Waals surface area (Å²) in [4.78, 5) is 2.42. The molecule has 1 heterocycles. The first-order valence-electron chi connectivity index (χ1n) is 5.33. The van der Waals surface area contributed by atoms with Gasteiger partial charge in [0.05, 0.1) is 25.7 Å². The minimum atomic E-state index is 0.0791. The van der Waals surface area contributed by atoms with Crippen LogP contribution in [0.15, 0.2) is 0 Å². The zero-order valence-corrected chi connectivity index (χ0v) is 9.42. The van der Waals surface area contributed by atoms with Crippen molar-refractivity contribution in [3.8, 4) is 6.07 Å². The Morgan fingerprint density at radius 2 is 2.29 bits per heavy atom. The molecule has 80 valence electrons. The second-order valence-electron chi connectivity index (χ2n) is 4.48. The first-order chi connectivity index (χ1) is 6.61. The van der Waals surface area contributed by atoms with Gasteiger partial charge in [-0.05, 0) is 20.3 Å². The zero-order valence-electron chi connectivity index (χ0n) is 9.42. The Labute approximate surface area is 86.6 Å². The molecule has 1 aliphatic rings. The van der Waals surface area contributed by atoms with E-state index in [2.05, 4.69) is 31.7 Å². The van der Waals surface area contributed by atoms with Crippen molar-refractivity contribution in [1.29, 1.82) is 5.26 Å². The molecule has 1 atom stereocenters. The van der Waals surface area contributed by atoms with E-state index in [0.717, 1.165) is 26.2 Å². The van der Waals surface area contributed by atoms with Crippen LogP contribution in [0.4, 0.5) is 0 Å². The van der Waals surface area contributed by atoms with E-state index in [1.807, 2.05) is 0 Å². The Bertz CT molecular complexity index is 220. The third-order valence-electron chi connectivity index (χ3n) is 2.95. The fourth-order valence-corrected chi connectivity index (χ4v) is 2.13. The van der Waals surface area contributed by atoms with Gasteiger partial charge in [-0.25, -0.2) is 0 Å². The second kappa shape index (κ2) is 4.77. The van der Waals surface area contributed by atoms with E-state index in [1.165, 1.54) is 0 Å². The first-order valence-corrected chi connectivity index (χ1v) is 5.33. The predicted molar refractivity (Wildman–Crippen MR) is 55.9 cm³/mol. The molecule has 1 fully saturated rings. The summed E-state index contributed by atoms with van der Waals surface area (Å²) in [6.07, 6.45) is 1.66. The minimum Gasteiger partial charge on any atom is -0.378 e. The maximum atomic E-state index is 8.76. The molecule has 0 aromatic rings. The third-order valence-corrected chi connectivity index (χ3v) is 2.95. The lowest BCUT2D eigenvalue weighted by atomic mass is 9.97. The fraction of sp³-hybridized carbons (Fsp3) is 0.909. The number of ether oxygens (including phenoxy) is 1. The highest BCUT2D eigenvalue weighted by Gasteiger charge is 2.34. The molecule has 1 aliphatic heterocycles. The molecule has 0 N–H and O–H groups in total. The summed E-state index contributed by atoms with van der Waals surface area (Å²) < 4.78 is 5.46. The Kier molecular flexibility index (Phi) is 3.91. The summed E-state index contributed by atoms with van der Waals surface area (Å²) in [5, 5.41) is 8.76. The molecular formula is C11H20N2O. The molecular weight excluding hydrogens is 176 g/mol. The van der Waals surface area contributed by atoms with Crippen LogP contribution in [0.25, 0.3) is 0 Å². The van der Waals surface area contributed by atoms with Crippen LogP contribution in [0.3, 0.4) is 0 Å². The molecule has 3 heteroatoms. The molecule has 1 unspecified atom stereocenters. The first kappa shape index (κ1) is 11.5. The van der Waals surface area contributed by atoms with E-state index in [4.69, 9.17) is 10.00 Å². The highest BCUT2D eigenvalue weighted by Crippen LogP contribution is 2.24. The number of nitriles is 1. The van der Waals surface area contributed by atoms with Gasteiger partial charge in [0.15, 0.2) is 0 Å². The van der Waals surface area contributed by atoms with Crippen LogP contribution in [0.1, 0.15) is 33.6 Å². The van der Waals surface area contributed by atoms with Crippen molar-refractivity contribution in [2.75, 3.05) is 19.8 Å². The number of nitrogens with zero attached hydrogens (tertiary/aromatic N) is 2. The van der Waals surface area contributed by atoms with E-state index >= 15 is 0 Å². The minimum absolute atomic E-state index is 0.0791. The van der Waals surface area contributed by atoms with Crippen molar-refractivity contribution in [2.24, 2.45) is 0 Å². The third kappa shape index (κ3) is 2.46. The van der Waals surface area contributed by atoms with Gasteiger partial charge in [-0.15, -0.1) is 0 Å². The Hall–Kier alpha value is -0.590. The van der Waals surface area contributed by atoms with Crippen molar-refractivity contribution >= 4 is 0 Å². The molecule has 0 aliphatic carbocycles. The summed E-state index contributed by atoms with van der Waals surface area (Å²) >= 11 is 0. The quantitative estimate of drug-likeness (QED) is 0.690. The van der Waals surface area contributed by atoms with E-state index in [1.54, 1.807) is 0 Å². The molecule has 0 radical (unpaired) electrons. The van der Waals surface area contributed by atoms with Crippen LogP contribution in [-0.2, 0) is 4.74 Å². The predicted octanol–water partition coefficient (Wildman–Crippen LogP) is 1.79. The number of hydrogen-bond acceptors (Lipinski definition) is 3. The maximum Gasteiger partial charge on any atom is 0.0645 e. The number of hydrogen-bond donors (Lipinski definition) is 0. The van der Waals surface area contributed by atoms with Crippen molar-refractivity contribution in [3.05, 3.63) is 0 Å². The van der Waals surface area contributed by atoms with Gasteiger partial charge in [-0.1, -0.05) is 6.92 Å². The van der Waals surface area contributed by atoms with Crippen LogP contribution in [0, 0.1) is 11.3 Å². The van der Waals surface area contributed by atoms with Crippen molar-refractivity contribution < 1.29 is 4.74 Å². The molecule has 0 bridgehead atoms. The highest BCUT2D eigenvalue weighted by molar-refractivity contribution is 4.92. The molecule has 1 saturated heterocycles. The van der Waals surface area contributed by atoms with Crippen molar-refractivity contribution in [1.82, 2.24) is 4.90 Å². The molecule has 0 aromatic carbocycles. The van der Waals surface area contributed by atoms with Crippen LogP contribution < -0.4 is 0 Å². The van der Waals surface area contributed by atoms with Gasteiger partial charge in [-0.3, -0.25) is 4.90 Å². The number of morpholine rings is 1. The summed E-state index contributed by atoms with van der Waals surface area (Å²) in [6, 6.07) is 2.66. The van der Waals surface area contributed by atoms with E-state index < -0.39 is 0 Å². The lowest BCUT2D eigenvalue weighted by Gasteiger charge is -2.46. The van der Waals surface area contributed by atoms with Gasteiger partial charge in [0.2, 0.25) is 0 Å². The van der Waals surface area contributed by atoms with Crippen LogP contribution in [-0.4, -0.2) is 36.2 Å². The molecule has 0 amide bonds. The van der Waals surface area contributed by atoms with E-state index in [0.29, 0.717) is 12.5 Å².